The molecule has 3 nitrogen and oxygen atoms in total. The quantitative estimate of drug-likeness (QED) is 0.667. The molecule has 102 valence electrons. The van der Waals surface area contributed by atoms with Gasteiger partial charge in [-0.3, -0.25) is 0 Å². The van der Waals surface area contributed by atoms with Gasteiger partial charge >= 0.3 is 0 Å². The largest absolute Gasteiger partial charge is 0.396 e. The molecule has 1 atom stereocenters. The molecule has 2 N–H and O–H groups in total. The molecular weight excluding hydrogens is 212 g/mol. The van der Waals surface area contributed by atoms with Gasteiger partial charge in [0.15, 0.2) is 0 Å². The van der Waals surface area contributed by atoms with Crippen LogP contribution in [0.4, 0.5) is 0 Å². The highest BCUT2D eigenvalue weighted by Gasteiger charge is 2.20. The summed E-state index contributed by atoms with van der Waals surface area (Å²) in [6.45, 7) is 12.5. The molecule has 1 aliphatic rings. The van der Waals surface area contributed by atoms with E-state index in [-0.39, 0.29) is 12.0 Å². The number of rotatable bonds is 7. The summed E-state index contributed by atoms with van der Waals surface area (Å²) in [6.07, 6.45) is 3.73. The van der Waals surface area contributed by atoms with Gasteiger partial charge in [0.1, 0.15) is 0 Å². The van der Waals surface area contributed by atoms with Crippen LogP contribution in [0.25, 0.3) is 0 Å². The third-order valence-electron chi connectivity index (χ3n) is 4.27. The van der Waals surface area contributed by atoms with Crippen LogP contribution in [0.5, 0.6) is 0 Å². The number of aliphatic hydroxyl groups is 1. The van der Waals surface area contributed by atoms with Gasteiger partial charge in [-0.25, -0.2) is 0 Å². The summed E-state index contributed by atoms with van der Waals surface area (Å²) in [4.78, 5) is 2.55. The minimum atomic E-state index is 0.0520. The first-order valence-corrected chi connectivity index (χ1v) is 7.13. The number of nitrogens with zero attached hydrogens (tertiary/aromatic N) is 1. The lowest BCUT2D eigenvalue weighted by atomic mass is 9.89. The average molecular weight is 242 g/mol. The van der Waals surface area contributed by atoms with Crippen LogP contribution < -0.4 is 5.32 Å². The predicted octanol–water partition coefficient (Wildman–Crippen LogP) is 1.72. The van der Waals surface area contributed by atoms with E-state index in [1.165, 1.54) is 25.9 Å². The summed E-state index contributed by atoms with van der Waals surface area (Å²) in [7, 11) is 0. The highest BCUT2D eigenvalue weighted by molar-refractivity contribution is 4.75. The SMILES string of the molecule is CCC(C)(CO)CNCCN1CCC(C)CC1. The van der Waals surface area contributed by atoms with Crippen molar-refractivity contribution >= 4 is 0 Å². The van der Waals surface area contributed by atoms with Gasteiger partial charge in [-0.2, -0.15) is 0 Å². The zero-order chi connectivity index (χ0) is 12.7. The topological polar surface area (TPSA) is 35.5 Å². The van der Waals surface area contributed by atoms with Crippen molar-refractivity contribution in [2.75, 3.05) is 39.3 Å². The van der Waals surface area contributed by atoms with Gasteiger partial charge in [0.2, 0.25) is 0 Å². The zero-order valence-electron chi connectivity index (χ0n) is 11.8. The molecule has 0 aromatic heterocycles. The molecular formula is C14H30N2O. The summed E-state index contributed by atoms with van der Waals surface area (Å²) >= 11 is 0. The maximum absolute atomic E-state index is 9.31. The van der Waals surface area contributed by atoms with Crippen molar-refractivity contribution in [3.05, 3.63) is 0 Å². The first kappa shape index (κ1) is 14.9. The number of hydrogen-bond donors (Lipinski definition) is 2. The van der Waals surface area contributed by atoms with E-state index < -0.39 is 0 Å². The van der Waals surface area contributed by atoms with Crippen molar-refractivity contribution in [3.8, 4) is 0 Å². The van der Waals surface area contributed by atoms with Gasteiger partial charge in [-0.05, 0) is 38.3 Å². The number of aliphatic hydroxyl groups excluding tert-OH is 1. The number of likely N-dealkylation sites (tertiary alicyclic amines) is 1. The van der Waals surface area contributed by atoms with Crippen molar-refractivity contribution in [2.24, 2.45) is 11.3 Å². The van der Waals surface area contributed by atoms with Crippen LogP contribution in [0.3, 0.4) is 0 Å². The lowest BCUT2D eigenvalue weighted by Gasteiger charge is -2.31. The van der Waals surface area contributed by atoms with Crippen molar-refractivity contribution in [3.63, 3.8) is 0 Å². The Labute approximate surface area is 107 Å². The van der Waals surface area contributed by atoms with Crippen molar-refractivity contribution in [1.82, 2.24) is 10.2 Å². The van der Waals surface area contributed by atoms with Crippen molar-refractivity contribution < 1.29 is 5.11 Å². The van der Waals surface area contributed by atoms with Crippen LogP contribution in [-0.2, 0) is 0 Å². The van der Waals surface area contributed by atoms with Crippen LogP contribution in [0.1, 0.15) is 40.0 Å². The summed E-state index contributed by atoms with van der Waals surface area (Å²) in [5, 5.41) is 12.8. The van der Waals surface area contributed by atoms with Gasteiger partial charge in [0, 0.05) is 31.7 Å². The predicted molar refractivity (Wildman–Crippen MR) is 73.2 cm³/mol. The molecule has 1 heterocycles. The van der Waals surface area contributed by atoms with Crippen LogP contribution in [0, 0.1) is 11.3 Å². The Morgan fingerprint density at radius 3 is 2.53 bits per heavy atom. The third kappa shape index (κ3) is 5.36. The van der Waals surface area contributed by atoms with E-state index in [0.717, 1.165) is 32.0 Å². The Hall–Kier alpha value is -0.120. The smallest absolute Gasteiger partial charge is 0.0496 e. The fraction of sp³-hybridized carbons (Fsp3) is 1.00. The Bertz CT molecular complexity index is 196. The molecule has 0 bridgehead atoms. The molecule has 1 fully saturated rings. The fourth-order valence-corrected chi connectivity index (χ4v) is 2.21. The molecule has 0 spiro atoms. The van der Waals surface area contributed by atoms with E-state index in [1.54, 1.807) is 0 Å². The second kappa shape index (κ2) is 7.34. The van der Waals surface area contributed by atoms with Crippen molar-refractivity contribution in [2.45, 2.75) is 40.0 Å². The fourth-order valence-electron chi connectivity index (χ4n) is 2.21. The van der Waals surface area contributed by atoms with Crippen LogP contribution in [0.15, 0.2) is 0 Å². The van der Waals surface area contributed by atoms with E-state index in [2.05, 4.69) is 31.0 Å². The number of piperidine rings is 1. The van der Waals surface area contributed by atoms with Gasteiger partial charge in [0.25, 0.3) is 0 Å². The van der Waals surface area contributed by atoms with E-state index in [9.17, 15) is 5.11 Å². The van der Waals surface area contributed by atoms with Crippen LogP contribution in [-0.4, -0.2) is 49.3 Å². The van der Waals surface area contributed by atoms with Gasteiger partial charge in [-0.1, -0.05) is 20.8 Å². The summed E-state index contributed by atoms with van der Waals surface area (Å²) in [5.41, 5.74) is 0.0520. The van der Waals surface area contributed by atoms with E-state index in [4.69, 9.17) is 0 Å². The summed E-state index contributed by atoms with van der Waals surface area (Å²) in [5.74, 6) is 0.914. The molecule has 17 heavy (non-hydrogen) atoms. The average Bonchev–Trinajstić information content (AvgIpc) is 2.36. The van der Waals surface area contributed by atoms with Gasteiger partial charge < -0.3 is 15.3 Å². The maximum atomic E-state index is 9.31. The molecule has 0 radical (unpaired) electrons. The molecule has 1 saturated heterocycles. The molecule has 0 aliphatic carbocycles. The minimum Gasteiger partial charge on any atom is -0.396 e. The molecule has 0 aromatic rings. The standard InChI is InChI=1S/C14H30N2O/c1-4-14(3,12-17)11-15-7-10-16-8-5-13(2)6-9-16/h13,15,17H,4-12H2,1-3H3. The van der Waals surface area contributed by atoms with Crippen LogP contribution >= 0.6 is 0 Å². The monoisotopic (exact) mass is 242 g/mol. The molecule has 1 rings (SSSR count). The highest BCUT2D eigenvalue weighted by Crippen LogP contribution is 2.18. The first-order chi connectivity index (χ1) is 8.09. The molecule has 1 aliphatic heterocycles. The lowest BCUT2D eigenvalue weighted by molar-refractivity contribution is 0.132. The van der Waals surface area contributed by atoms with E-state index >= 15 is 0 Å². The molecule has 1 unspecified atom stereocenters. The Kier molecular flexibility index (Phi) is 6.45. The Morgan fingerprint density at radius 2 is 2.00 bits per heavy atom. The first-order valence-electron chi connectivity index (χ1n) is 7.13. The second-order valence-electron chi connectivity index (χ2n) is 6.02. The zero-order valence-corrected chi connectivity index (χ0v) is 11.8. The molecule has 0 amide bonds. The Balaban J connectivity index is 2.08. The molecule has 0 aromatic carbocycles. The molecule has 0 saturated carbocycles. The lowest BCUT2D eigenvalue weighted by Crippen LogP contribution is -2.41. The Morgan fingerprint density at radius 1 is 1.35 bits per heavy atom. The minimum absolute atomic E-state index is 0.0520. The van der Waals surface area contributed by atoms with Gasteiger partial charge in [-0.15, -0.1) is 0 Å². The number of hydrogen-bond acceptors (Lipinski definition) is 3. The second-order valence-corrected chi connectivity index (χ2v) is 6.02. The van der Waals surface area contributed by atoms with E-state index in [1.807, 2.05) is 0 Å². The normalized spacial score (nSPS) is 22.6. The maximum Gasteiger partial charge on any atom is 0.0496 e. The summed E-state index contributed by atoms with van der Waals surface area (Å²) < 4.78 is 0. The molecule has 3 heteroatoms. The van der Waals surface area contributed by atoms with Crippen LogP contribution in [0.2, 0.25) is 0 Å². The van der Waals surface area contributed by atoms with E-state index in [0.29, 0.717) is 0 Å². The number of nitrogens with one attached hydrogen (secondary N) is 1. The summed E-state index contributed by atoms with van der Waals surface area (Å²) in [6, 6.07) is 0. The van der Waals surface area contributed by atoms with Gasteiger partial charge in [0.05, 0.1) is 0 Å². The highest BCUT2D eigenvalue weighted by atomic mass is 16.3. The third-order valence-corrected chi connectivity index (χ3v) is 4.27. The van der Waals surface area contributed by atoms with Crippen molar-refractivity contribution in [1.29, 1.82) is 0 Å².